The van der Waals surface area contributed by atoms with Crippen molar-refractivity contribution in [2.75, 3.05) is 19.6 Å². The molecule has 1 aliphatic heterocycles. The lowest BCUT2D eigenvalue weighted by Gasteiger charge is -2.25. The molecule has 1 heterocycles. The van der Waals surface area contributed by atoms with Crippen LogP contribution in [-0.4, -0.2) is 29.6 Å². The molecule has 3 heteroatoms. The lowest BCUT2D eigenvalue weighted by molar-refractivity contribution is 0.0904. The van der Waals surface area contributed by atoms with Gasteiger partial charge in [0.1, 0.15) is 5.82 Å². The molecule has 1 aromatic carbocycles. The molecule has 0 saturated carbocycles. The Balaban J connectivity index is 1.93. The molecule has 1 saturated heterocycles. The van der Waals surface area contributed by atoms with Crippen molar-refractivity contribution in [1.82, 2.24) is 4.90 Å². The lowest BCUT2D eigenvalue weighted by atomic mass is 9.96. The van der Waals surface area contributed by atoms with E-state index in [1.54, 1.807) is 18.2 Å². The monoisotopic (exact) mass is 265 g/mol. The third kappa shape index (κ3) is 3.54. The van der Waals surface area contributed by atoms with Crippen LogP contribution < -0.4 is 0 Å². The van der Waals surface area contributed by atoms with Gasteiger partial charge in [0.15, 0.2) is 0 Å². The molecule has 0 bridgehead atoms. The van der Waals surface area contributed by atoms with Gasteiger partial charge >= 0.3 is 0 Å². The molecule has 1 aliphatic rings. The van der Waals surface area contributed by atoms with Gasteiger partial charge in [-0.05, 0) is 30.9 Å². The van der Waals surface area contributed by atoms with Crippen LogP contribution in [0, 0.1) is 17.7 Å². The topological polar surface area (TPSA) is 23.5 Å². The minimum absolute atomic E-state index is 0.0486. The van der Waals surface area contributed by atoms with Gasteiger partial charge in [0.25, 0.3) is 0 Å². The Bertz CT molecular complexity index is 409. The van der Waals surface area contributed by atoms with Crippen LogP contribution >= 0.6 is 0 Å². The highest BCUT2D eigenvalue weighted by Gasteiger charge is 2.26. The normalized spacial score (nSPS) is 23.5. The number of likely N-dealkylation sites (tertiary alicyclic amines) is 1. The van der Waals surface area contributed by atoms with Crippen LogP contribution in [0.4, 0.5) is 4.39 Å². The van der Waals surface area contributed by atoms with Gasteiger partial charge in [0.05, 0.1) is 6.10 Å². The van der Waals surface area contributed by atoms with Gasteiger partial charge in [-0.25, -0.2) is 4.39 Å². The molecule has 0 amide bonds. The maximum Gasteiger partial charge on any atom is 0.129 e. The molecule has 0 aliphatic carbocycles. The molecule has 1 fully saturated rings. The first-order valence-electron chi connectivity index (χ1n) is 7.26. The first kappa shape index (κ1) is 14.5. The van der Waals surface area contributed by atoms with E-state index in [2.05, 4.69) is 11.8 Å². The van der Waals surface area contributed by atoms with Gasteiger partial charge in [-0.1, -0.05) is 38.5 Å². The van der Waals surface area contributed by atoms with Crippen molar-refractivity contribution in [1.29, 1.82) is 0 Å². The number of nitrogens with zero attached hydrogens (tertiary/aromatic N) is 1. The van der Waals surface area contributed by atoms with Crippen LogP contribution in [-0.2, 0) is 0 Å². The van der Waals surface area contributed by atoms with Gasteiger partial charge in [-0.3, -0.25) is 0 Å². The van der Waals surface area contributed by atoms with E-state index in [1.165, 1.54) is 18.9 Å². The Morgan fingerprint density at radius 1 is 1.42 bits per heavy atom. The third-order valence-electron chi connectivity index (χ3n) is 4.26. The highest BCUT2D eigenvalue weighted by atomic mass is 19.1. The number of benzene rings is 1. The molecule has 1 aromatic rings. The molecular weight excluding hydrogens is 241 g/mol. The Morgan fingerprint density at radius 2 is 2.16 bits per heavy atom. The average molecular weight is 265 g/mol. The van der Waals surface area contributed by atoms with Crippen LogP contribution in [0.15, 0.2) is 24.3 Å². The van der Waals surface area contributed by atoms with E-state index in [9.17, 15) is 9.50 Å². The van der Waals surface area contributed by atoms with E-state index in [0.29, 0.717) is 5.56 Å². The van der Waals surface area contributed by atoms with Crippen molar-refractivity contribution in [3.8, 4) is 0 Å². The zero-order valence-electron chi connectivity index (χ0n) is 11.8. The van der Waals surface area contributed by atoms with Crippen LogP contribution in [0.25, 0.3) is 0 Å². The van der Waals surface area contributed by atoms with E-state index < -0.39 is 6.10 Å². The number of hydrogen-bond donors (Lipinski definition) is 1. The second kappa shape index (κ2) is 6.49. The highest BCUT2D eigenvalue weighted by molar-refractivity contribution is 5.20. The Morgan fingerprint density at radius 3 is 2.79 bits per heavy atom. The smallest absolute Gasteiger partial charge is 0.129 e. The van der Waals surface area contributed by atoms with Crippen molar-refractivity contribution in [3.63, 3.8) is 0 Å². The van der Waals surface area contributed by atoms with E-state index in [4.69, 9.17) is 0 Å². The SMILES string of the molecule is CCC1CCN(CC(C)C(O)c2ccccc2F)C1. The summed E-state index contributed by atoms with van der Waals surface area (Å²) in [7, 11) is 0. The molecule has 2 nitrogen and oxygen atoms in total. The first-order valence-corrected chi connectivity index (χ1v) is 7.26. The fourth-order valence-corrected chi connectivity index (χ4v) is 2.94. The summed E-state index contributed by atoms with van der Waals surface area (Å²) in [5.41, 5.74) is 0.418. The van der Waals surface area contributed by atoms with Gasteiger partial charge in [0, 0.05) is 18.7 Å². The number of aliphatic hydroxyl groups excluding tert-OH is 1. The molecule has 19 heavy (non-hydrogen) atoms. The minimum atomic E-state index is -0.720. The highest BCUT2D eigenvalue weighted by Crippen LogP contribution is 2.27. The molecule has 2 rings (SSSR count). The molecule has 0 aromatic heterocycles. The van der Waals surface area contributed by atoms with Crippen LogP contribution in [0.2, 0.25) is 0 Å². The van der Waals surface area contributed by atoms with Gasteiger partial charge in [0.2, 0.25) is 0 Å². The van der Waals surface area contributed by atoms with Crippen molar-refractivity contribution < 1.29 is 9.50 Å². The Kier molecular flexibility index (Phi) is 4.94. The van der Waals surface area contributed by atoms with Crippen LogP contribution in [0.3, 0.4) is 0 Å². The number of halogens is 1. The number of rotatable bonds is 5. The summed E-state index contributed by atoms with van der Waals surface area (Å²) < 4.78 is 13.7. The van der Waals surface area contributed by atoms with Gasteiger partial charge in [-0.2, -0.15) is 0 Å². The molecule has 106 valence electrons. The maximum absolute atomic E-state index is 13.7. The van der Waals surface area contributed by atoms with Crippen molar-refractivity contribution in [3.05, 3.63) is 35.6 Å². The number of hydrogen-bond acceptors (Lipinski definition) is 2. The predicted molar refractivity (Wildman–Crippen MR) is 75.4 cm³/mol. The molecular formula is C16H24FNO. The summed E-state index contributed by atoms with van der Waals surface area (Å²) in [4.78, 5) is 2.39. The minimum Gasteiger partial charge on any atom is -0.388 e. The van der Waals surface area contributed by atoms with Crippen LogP contribution in [0.5, 0.6) is 0 Å². The van der Waals surface area contributed by atoms with Crippen molar-refractivity contribution in [2.24, 2.45) is 11.8 Å². The lowest BCUT2D eigenvalue weighted by Crippen LogP contribution is -2.29. The van der Waals surface area contributed by atoms with Gasteiger partial charge in [-0.15, -0.1) is 0 Å². The molecule has 3 unspecified atom stereocenters. The molecule has 3 atom stereocenters. The van der Waals surface area contributed by atoms with E-state index in [0.717, 1.165) is 25.6 Å². The Hall–Kier alpha value is -0.930. The van der Waals surface area contributed by atoms with Gasteiger partial charge < -0.3 is 10.0 Å². The summed E-state index contributed by atoms with van der Waals surface area (Å²) in [6.07, 6.45) is 1.75. The third-order valence-corrected chi connectivity index (χ3v) is 4.26. The molecule has 0 radical (unpaired) electrons. The standard InChI is InChI=1S/C16H24FNO/c1-3-13-8-9-18(11-13)10-12(2)16(19)14-6-4-5-7-15(14)17/h4-7,12-13,16,19H,3,8-11H2,1-2H3. The molecule has 0 spiro atoms. The van der Waals surface area contributed by atoms with E-state index in [-0.39, 0.29) is 11.7 Å². The zero-order chi connectivity index (χ0) is 13.8. The first-order chi connectivity index (χ1) is 9.11. The average Bonchev–Trinajstić information content (AvgIpc) is 2.86. The quantitative estimate of drug-likeness (QED) is 0.883. The Labute approximate surface area is 115 Å². The van der Waals surface area contributed by atoms with Crippen LogP contribution in [0.1, 0.15) is 38.4 Å². The zero-order valence-corrected chi connectivity index (χ0v) is 11.8. The van der Waals surface area contributed by atoms with Crippen molar-refractivity contribution in [2.45, 2.75) is 32.8 Å². The summed E-state index contributed by atoms with van der Waals surface area (Å²) in [6.45, 7) is 7.28. The van der Waals surface area contributed by atoms with Crippen molar-refractivity contribution >= 4 is 0 Å². The summed E-state index contributed by atoms with van der Waals surface area (Å²) in [5.74, 6) is 0.528. The molecule has 1 N–H and O–H groups in total. The van der Waals surface area contributed by atoms with E-state index in [1.807, 2.05) is 6.92 Å². The largest absolute Gasteiger partial charge is 0.388 e. The fraction of sp³-hybridized carbons (Fsp3) is 0.625. The summed E-state index contributed by atoms with van der Waals surface area (Å²) >= 11 is 0. The number of aliphatic hydroxyl groups is 1. The summed E-state index contributed by atoms with van der Waals surface area (Å²) in [6, 6.07) is 6.52. The second-order valence-electron chi connectivity index (χ2n) is 5.77. The maximum atomic E-state index is 13.7. The predicted octanol–water partition coefficient (Wildman–Crippen LogP) is 3.23. The summed E-state index contributed by atoms with van der Waals surface area (Å²) in [5, 5.41) is 10.3. The fourth-order valence-electron chi connectivity index (χ4n) is 2.94. The van der Waals surface area contributed by atoms with E-state index >= 15 is 0 Å². The second-order valence-corrected chi connectivity index (χ2v) is 5.77.